The van der Waals surface area contributed by atoms with E-state index in [0.29, 0.717) is 6.54 Å². The van der Waals surface area contributed by atoms with E-state index in [1.807, 2.05) is 37.3 Å². The standard InChI is InChI=1S/C15H22N2O2S/c1-13(16)15-9-5-6-11-17(15)20(18,19)12-10-14-7-3-2-4-8-14/h2-4,7-8,10,12-13,15H,5-6,9,11,16H2,1H3. The van der Waals surface area contributed by atoms with Crippen LogP contribution in [0.25, 0.3) is 6.08 Å². The third-order valence-electron chi connectivity index (χ3n) is 3.66. The Labute approximate surface area is 121 Å². The van der Waals surface area contributed by atoms with Crippen molar-refractivity contribution in [2.24, 2.45) is 5.73 Å². The number of nitrogens with zero attached hydrogens (tertiary/aromatic N) is 1. The summed E-state index contributed by atoms with van der Waals surface area (Å²) in [6.45, 7) is 2.44. The second kappa shape index (κ2) is 6.52. The largest absolute Gasteiger partial charge is 0.326 e. The third-order valence-corrected chi connectivity index (χ3v) is 5.25. The molecule has 0 saturated carbocycles. The summed E-state index contributed by atoms with van der Waals surface area (Å²) in [5.41, 5.74) is 6.81. The molecule has 110 valence electrons. The molecule has 0 amide bonds. The Morgan fingerprint density at radius 1 is 1.30 bits per heavy atom. The van der Waals surface area contributed by atoms with Gasteiger partial charge in [0.05, 0.1) is 0 Å². The number of benzene rings is 1. The van der Waals surface area contributed by atoms with Crippen LogP contribution in [-0.2, 0) is 10.0 Å². The van der Waals surface area contributed by atoms with Crippen LogP contribution < -0.4 is 5.73 Å². The Kier molecular flexibility index (Phi) is 4.96. The number of rotatable bonds is 4. The van der Waals surface area contributed by atoms with E-state index in [-0.39, 0.29) is 12.1 Å². The fraction of sp³-hybridized carbons (Fsp3) is 0.467. The molecule has 20 heavy (non-hydrogen) atoms. The van der Waals surface area contributed by atoms with Gasteiger partial charge in [-0.2, -0.15) is 4.31 Å². The lowest BCUT2D eigenvalue weighted by Crippen LogP contribution is -2.50. The van der Waals surface area contributed by atoms with Crippen LogP contribution in [0.15, 0.2) is 35.7 Å². The van der Waals surface area contributed by atoms with Crippen LogP contribution in [0.3, 0.4) is 0 Å². The van der Waals surface area contributed by atoms with Gasteiger partial charge in [-0.1, -0.05) is 36.8 Å². The highest BCUT2D eigenvalue weighted by molar-refractivity contribution is 7.92. The molecule has 5 heteroatoms. The van der Waals surface area contributed by atoms with Crippen LogP contribution in [0.5, 0.6) is 0 Å². The van der Waals surface area contributed by atoms with Gasteiger partial charge < -0.3 is 5.73 Å². The van der Waals surface area contributed by atoms with Crippen molar-refractivity contribution in [1.29, 1.82) is 0 Å². The fourth-order valence-corrected chi connectivity index (χ4v) is 4.12. The summed E-state index contributed by atoms with van der Waals surface area (Å²) >= 11 is 0. The number of piperidine rings is 1. The van der Waals surface area contributed by atoms with Crippen molar-refractivity contribution in [2.45, 2.75) is 38.3 Å². The van der Waals surface area contributed by atoms with Gasteiger partial charge >= 0.3 is 0 Å². The van der Waals surface area contributed by atoms with Crippen LogP contribution in [0.1, 0.15) is 31.7 Å². The van der Waals surface area contributed by atoms with E-state index in [2.05, 4.69) is 0 Å². The molecule has 2 unspecified atom stereocenters. The second-order valence-corrected chi connectivity index (χ2v) is 7.06. The molecule has 4 nitrogen and oxygen atoms in total. The van der Waals surface area contributed by atoms with Crippen molar-refractivity contribution in [1.82, 2.24) is 4.31 Å². The van der Waals surface area contributed by atoms with Crippen molar-refractivity contribution >= 4 is 16.1 Å². The average Bonchev–Trinajstić information content (AvgIpc) is 2.46. The zero-order valence-corrected chi connectivity index (χ0v) is 12.6. The molecule has 1 aromatic carbocycles. The van der Waals surface area contributed by atoms with Gasteiger partial charge in [-0.05, 0) is 31.4 Å². The summed E-state index contributed by atoms with van der Waals surface area (Å²) in [6, 6.07) is 9.21. The zero-order valence-electron chi connectivity index (χ0n) is 11.8. The SMILES string of the molecule is CC(N)C1CCCCN1S(=O)(=O)C=Cc1ccccc1. The second-order valence-electron chi connectivity index (χ2n) is 5.29. The summed E-state index contributed by atoms with van der Waals surface area (Å²) in [5, 5.41) is 1.29. The maximum atomic E-state index is 12.5. The fourth-order valence-electron chi connectivity index (χ4n) is 2.58. The Balaban J connectivity index is 2.18. The molecule has 1 heterocycles. The maximum absolute atomic E-state index is 12.5. The van der Waals surface area contributed by atoms with E-state index in [1.54, 1.807) is 10.4 Å². The number of hydrogen-bond acceptors (Lipinski definition) is 3. The lowest BCUT2D eigenvalue weighted by molar-refractivity contribution is 0.229. The molecule has 0 aromatic heterocycles. The Morgan fingerprint density at radius 3 is 2.65 bits per heavy atom. The topological polar surface area (TPSA) is 63.4 Å². The van der Waals surface area contributed by atoms with Crippen molar-refractivity contribution in [3.63, 3.8) is 0 Å². The van der Waals surface area contributed by atoms with Crippen LogP contribution in [0.4, 0.5) is 0 Å². The summed E-state index contributed by atoms with van der Waals surface area (Å²) in [6.07, 6.45) is 4.43. The highest BCUT2D eigenvalue weighted by Gasteiger charge is 2.32. The van der Waals surface area contributed by atoms with Crippen LogP contribution in [0, 0.1) is 0 Å². The molecule has 0 radical (unpaired) electrons. The van der Waals surface area contributed by atoms with Gasteiger partial charge in [-0.3, -0.25) is 0 Å². The molecule has 0 aliphatic carbocycles. The van der Waals surface area contributed by atoms with Crippen molar-refractivity contribution in [3.8, 4) is 0 Å². The van der Waals surface area contributed by atoms with E-state index in [4.69, 9.17) is 5.73 Å². The van der Waals surface area contributed by atoms with E-state index < -0.39 is 10.0 Å². The molecule has 2 N–H and O–H groups in total. The minimum atomic E-state index is -3.40. The highest BCUT2D eigenvalue weighted by Crippen LogP contribution is 2.23. The molecule has 0 bridgehead atoms. The number of sulfonamides is 1. The molecule has 2 rings (SSSR count). The quantitative estimate of drug-likeness (QED) is 0.926. The minimum absolute atomic E-state index is 0.0887. The molecular formula is C15H22N2O2S. The first-order chi connectivity index (χ1) is 9.50. The predicted octanol–water partition coefficient (Wildman–Crippen LogP) is 2.19. The molecular weight excluding hydrogens is 272 g/mol. The van der Waals surface area contributed by atoms with Gasteiger partial charge in [-0.25, -0.2) is 8.42 Å². The van der Waals surface area contributed by atoms with Gasteiger partial charge in [0.1, 0.15) is 0 Å². The Morgan fingerprint density at radius 2 is 2.00 bits per heavy atom. The van der Waals surface area contributed by atoms with Gasteiger partial charge in [0.25, 0.3) is 0 Å². The first-order valence-corrected chi connectivity index (χ1v) is 8.51. The van der Waals surface area contributed by atoms with E-state index in [9.17, 15) is 8.42 Å². The van der Waals surface area contributed by atoms with E-state index in [0.717, 1.165) is 24.8 Å². The monoisotopic (exact) mass is 294 g/mol. The minimum Gasteiger partial charge on any atom is -0.326 e. The molecule has 1 aromatic rings. The third kappa shape index (κ3) is 3.69. The number of nitrogens with two attached hydrogens (primary N) is 1. The number of hydrogen-bond donors (Lipinski definition) is 1. The van der Waals surface area contributed by atoms with Gasteiger partial charge in [0.15, 0.2) is 0 Å². The molecule has 1 fully saturated rings. The smallest absolute Gasteiger partial charge is 0.236 e. The van der Waals surface area contributed by atoms with Crippen LogP contribution >= 0.6 is 0 Å². The predicted molar refractivity (Wildman–Crippen MR) is 82.4 cm³/mol. The maximum Gasteiger partial charge on any atom is 0.236 e. The van der Waals surface area contributed by atoms with E-state index >= 15 is 0 Å². The molecule has 1 saturated heterocycles. The summed E-state index contributed by atoms with van der Waals surface area (Å²) in [4.78, 5) is 0. The molecule has 1 aliphatic rings. The molecule has 0 spiro atoms. The van der Waals surface area contributed by atoms with Crippen LogP contribution in [-0.4, -0.2) is 31.4 Å². The first-order valence-electron chi connectivity index (χ1n) is 7.01. The van der Waals surface area contributed by atoms with Crippen molar-refractivity contribution in [2.75, 3.05) is 6.54 Å². The summed E-state index contributed by atoms with van der Waals surface area (Å²) in [7, 11) is -3.40. The van der Waals surface area contributed by atoms with Gasteiger partial charge in [0.2, 0.25) is 10.0 Å². The highest BCUT2D eigenvalue weighted by atomic mass is 32.2. The average molecular weight is 294 g/mol. The summed E-state index contributed by atoms with van der Waals surface area (Å²) < 4.78 is 26.5. The van der Waals surface area contributed by atoms with Crippen LogP contribution in [0.2, 0.25) is 0 Å². The summed E-state index contributed by atoms with van der Waals surface area (Å²) in [5.74, 6) is 0. The normalized spacial score (nSPS) is 23.0. The Hall–Kier alpha value is -1.17. The van der Waals surface area contributed by atoms with E-state index in [1.165, 1.54) is 5.41 Å². The molecule has 1 aliphatic heterocycles. The van der Waals surface area contributed by atoms with Crippen molar-refractivity contribution in [3.05, 3.63) is 41.3 Å². The lowest BCUT2D eigenvalue weighted by atomic mass is 10.00. The first kappa shape index (κ1) is 15.2. The lowest BCUT2D eigenvalue weighted by Gasteiger charge is -2.36. The van der Waals surface area contributed by atoms with Gasteiger partial charge in [-0.15, -0.1) is 0 Å². The van der Waals surface area contributed by atoms with Gasteiger partial charge in [0, 0.05) is 24.0 Å². The van der Waals surface area contributed by atoms with Crippen molar-refractivity contribution < 1.29 is 8.42 Å². The zero-order chi connectivity index (χ0) is 14.6. The Bertz CT molecular complexity index is 552. The molecule has 2 atom stereocenters.